The van der Waals surface area contributed by atoms with Crippen LogP contribution in [0.3, 0.4) is 0 Å². The fraction of sp³-hybridized carbons (Fsp3) is 0.600. The lowest BCUT2D eigenvalue weighted by Gasteiger charge is -2.03. The number of aliphatic hydroxyl groups is 1. The highest BCUT2D eigenvalue weighted by Gasteiger charge is 1.98. The van der Waals surface area contributed by atoms with E-state index in [4.69, 9.17) is 0 Å². The molecule has 0 fully saturated rings. The Morgan fingerprint density at radius 3 is 1.91 bits per heavy atom. The lowest BCUT2D eigenvalue weighted by Crippen LogP contribution is -1.90. The molecule has 0 aromatic heterocycles. The van der Waals surface area contributed by atoms with Gasteiger partial charge in [-0.2, -0.15) is 0 Å². The number of hydrogen-bond acceptors (Lipinski definition) is 1. The Labute approximate surface area is 69.4 Å². The van der Waals surface area contributed by atoms with Crippen LogP contribution in [0.4, 0.5) is 0 Å². The van der Waals surface area contributed by atoms with Gasteiger partial charge in [-0.25, -0.2) is 0 Å². The first kappa shape index (κ1) is 10.3. The molecule has 0 heterocycles. The van der Waals surface area contributed by atoms with Gasteiger partial charge in [0, 0.05) is 0 Å². The van der Waals surface area contributed by atoms with Crippen LogP contribution >= 0.6 is 0 Å². The highest BCUT2D eigenvalue weighted by molar-refractivity contribution is 5.26. The van der Waals surface area contributed by atoms with Gasteiger partial charge >= 0.3 is 0 Å². The summed E-state index contributed by atoms with van der Waals surface area (Å²) in [6.45, 7) is 10.0. The summed E-state index contributed by atoms with van der Waals surface area (Å²) < 4.78 is 0. The van der Waals surface area contributed by atoms with Crippen LogP contribution in [0.15, 0.2) is 23.0 Å². The van der Waals surface area contributed by atoms with Crippen LogP contribution in [0.5, 0.6) is 0 Å². The molecule has 1 N–H and O–H groups in total. The van der Waals surface area contributed by atoms with E-state index in [-0.39, 0.29) is 0 Å². The van der Waals surface area contributed by atoms with Gasteiger partial charge in [-0.15, -0.1) is 0 Å². The zero-order valence-electron chi connectivity index (χ0n) is 8.10. The minimum absolute atomic E-state index is 0.407. The molecule has 0 saturated heterocycles. The molecular formula is C10H18O. The van der Waals surface area contributed by atoms with Crippen molar-refractivity contribution in [2.75, 3.05) is 0 Å². The van der Waals surface area contributed by atoms with Gasteiger partial charge in [0.15, 0.2) is 0 Å². The third kappa shape index (κ3) is 3.87. The first-order valence-corrected chi connectivity index (χ1v) is 4.00. The third-order valence-electron chi connectivity index (χ3n) is 1.63. The van der Waals surface area contributed by atoms with Crippen molar-refractivity contribution in [3.63, 3.8) is 0 Å². The van der Waals surface area contributed by atoms with Crippen LogP contribution in [0.1, 0.15) is 34.6 Å². The van der Waals surface area contributed by atoms with Crippen molar-refractivity contribution < 1.29 is 5.11 Å². The van der Waals surface area contributed by atoms with Crippen molar-refractivity contribution in [3.05, 3.63) is 23.0 Å². The van der Waals surface area contributed by atoms with E-state index < -0.39 is 0 Å². The maximum Gasteiger partial charge on any atom is 0.114 e. The fourth-order valence-electron chi connectivity index (χ4n) is 0.697. The number of rotatable bonds is 2. The second-order valence-corrected chi connectivity index (χ2v) is 3.42. The minimum Gasteiger partial charge on any atom is -0.508 e. The molecule has 11 heavy (non-hydrogen) atoms. The summed E-state index contributed by atoms with van der Waals surface area (Å²) >= 11 is 0. The van der Waals surface area contributed by atoms with Gasteiger partial charge < -0.3 is 5.11 Å². The van der Waals surface area contributed by atoms with E-state index in [9.17, 15) is 5.11 Å². The fourth-order valence-corrected chi connectivity index (χ4v) is 0.697. The molecule has 0 aliphatic carbocycles. The van der Waals surface area contributed by atoms with Crippen molar-refractivity contribution in [2.45, 2.75) is 34.6 Å². The topological polar surface area (TPSA) is 20.2 Å². The Bertz CT molecular complexity index is 181. The van der Waals surface area contributed by atoms with Gasteiger partial charge in [0.1, 0.15) is 5.76 Å². The van der Waals surface area contributed by atoms with E-state index in [0.29, 0.717) is 11.7 Å². The van der Waals surface area contributed by atoms with Gasteiger partial charge in [-0.05, 0) is 38.3 Å². The molecule has 0 aliphatic heterocycles. The maximum absolute atomic E-state index is 9.46. The Morgan fingerprint density at radius 1 is 1.18 bits per heavy atom. The third-order valence-corrected chi connectivity index (χ3v) is 1.63. The molecule has 0 aromatic carbocycles. The second kappa shape index (κ2) is 4.22. The standard InChI is InChI=1S/C10H18O/c1-7(2)6-10(11)9(5)8(3)4/h6-7,11H,1-5H3. The summed E-state index contributed by atoms with van der Waals surface area (Å²) in [5, 5.41) is 9.46. The van der Waals surface area contributed by atoms with Crippen LogP contribution in [0.25, 0.3) is 0 Å². The van der Waals surface area contributed by atoms with Crippen molar-refractivity contribution in [3.8, 4) is 0 Å². The maximum atomic E-state index is 9.46. The zero-order chi connectivity index (χ0) is 9.02. The van der Waals surface area contributed by atoms with Crippen LogP contribution in [-0.2, 0) is 0 Å². The predicted octanol–water partition coefficient (Wildman–Crippen LogP) is 3.44. The Morgan fingerprint density at radius 2 is 1.64 bits per heavy atom. The molecule has 0 saturated carbocycles. The molecule has 0 atom stereocenters. The SMILES string of the molecule is CC(C)=C(C)C(O)=CC(C)C. The van der Waals surface area contributed by atoms with Crippen molar-refractivity contribution in [1.29, 1.82) is 0 Å². The van der Waals surface area contributed by atoms with Gasteiger partial charge in [0.25, 0.3) is 0 Å². The van der Waals surface area contributed by atoms with Gasteiger partial charge in [0.2, 0.25) is 0 Å². The molecule has 1 nitrogen and oxygen atoms in total. The van der Waals surface area contributed by atoms with E-state index in [0.717, 1.165) is 5.57 Å². The minimum atomic E-state index is 0.407. The average Bonchev–Trinajstić information content (AvgIpc) is 1.84. The molecular weight excluding hydrogens is 136 g/mol. The normalized spacial score (nSPS) is 12.0. The highest BCUT2D eigenvalue weighted by atomic mass is 16.3. The van der Waals surface area contributed by atoms with Crippen LogP contribution in [-0.4, -0.2) is 5.11 Å². The molecule has 0 unspecified atom stereocenters. The highest BCUT2D eigenvalue weighted by Crippen LogP contribution is 2.12. The molecule has 0 aromatic rings. The van der Waals surface area contributed by atoms with E-state index in [2.05, 4.69) is 13.8 Å². The van der Waals surface area contributed by atoms with Gasteiger partial charge in [-0.3, -0.25) is 0 Å². The quantitative estimate of drug-likeness (QED) is 0.477. The summed E-state index contributed by atoms with van der Waals surface area (Å²) in [6, 6.07) is 0. The molecule has 64 valence electrons. The van der Waals surface area contributed by atoms with Crippen LogP contribution < -0.4 is 0 Å². The average molecular weight is 154 g/mol. The second-order valence-electron chi connectivity index (χ2n) is 3.42. The Balaban J connectivity index is 4.50. The molecule has 0 rings (SSSR count). The molecule has 0 radical (unpaired) electrons. The summed E-state index contributed by atoms with van der Waals surface area (Å²) in [5.41, 5.74) is 2.15. The lowest BCUT2D eigenvalue weighted by molar-refractivity contribution is 0.416. The van der Waals surface area contributed by atoms with Crippen molar-refractivity contribution in [1.82, 2.24) is 0 Å². The van der Waals surface area contributed by atoms with E-state index >= 15 is 0 Å². The van der Waals surface area contributed by atoms with Crippen LogP contribution in [0.2, 0.25) is 0 Å². The summed E-state index contributed by atoms with van der Waals surface area (Å²) in [7, 11) is 0. The summed E-state index contributed by atoms with van der Waals surface area (Å²) in [4.78, 5) is 0. The number of hydrogen-bond donors (Lipinski definition) is 1. The first-order chi connectivity index (χ1) is 4.95. The lowest BCUT2D eigenvalue weighted by atomic mass is 10.1. The molecule has 0 bridgehead atoms. The van der Waals surface area contributed by atoms with Crippen molar-refractivity contribution >= 4 is 0 Å². The van der Waals surface area contributed by atoms with Gasteiger partial charge in [0.05, 0.1) is 0 Å². The molecule has 1 heteroatoms. The first-order valence-electron chi connectivity index (χ1n) is 4.00. The van der Waals surface area contributed by atoms with E-state index in [1.54, 1.807) is 0 Å². The summed E-state index contributed by atoms with van der Waals surface area (Å²) in [6.07, 6.45) is 1.86. The molecule has 0 aliphatic rings. The van der Waals surface area contributed by atoms with E-state index in [1.807, 2.05) is 26.8 Å². The smallest absolute Gasteiger partial charge is 0.114 e. The largest absolute Gasteiger partial charge is 0.508 e. The molecule has 0 amide bonds. The number of allylic oxidation sites excluding steroid dienone is 3. The summed E-state index contributed by atoms with van der Waals surface area (Å²) in [5.74, 6) is 0.823. The molecule has 0 spiro atoms. The van der Waals surface area contributed by atoms with Crippen molar-refractivity contribution in [2.24, 2.45) is 5.92 Å². The monoisotopic (exact) mass is 154 g/mol. The zero-order valence-corrected chi connectivity index (χ0v) is 8.10. The van der Waals surface area contributed by atoms with Gasteiger partial charge in [-0.1, -0.05) is 19.4 Å². The predicted molar refractivity (Wildman–Crippen MR) is 49.6 cm³/mol. The van der Waals surface area contributed by atoms with Crippen LogP contribution in [0, 0.1) is 5.92 Å². The number of aliphatic hydroxyl groups excluding tert-OH is 1. The van der Waals surface area contributed by atoms with E-state index in [1.165, 1.54) is 5.57 Å². The Hall–Kier alpha value is -0.720. The Kier molecular flexibility index (Phi) is 3.94.